The first-order valence-electron chi connectivity index (χ1n) is 11.6. The number of halogens is 1. The largest absolute Gasteiger partial charge is 0.507 e. The summed E-state index contributed by atoms with van der Waals surface area (Å²) in [6.07, 6.45) is 0.615. The van der Waals surface area contributed by atoms with E-state index < -0.39 is 23.5 Å². The van der Waals surface area contributed by atoms with Gasteiger partial charge >= 0.3 is 0 Å². The Morgan fingerprint density at radius 2 is 1.79 bits per heavy atom. The van der Waals surface area contributed by atoms with Crippen molar-refractivity contribution in [2.75, 3.05) is 39.4 Å². The lowest BCUT2D eigenvalue weighted by Crippen LogP contribution is -2.33. The molecule has 0 unspecified atom stereocenters. The van der Waals surface area contributed by atoms with Crippen LogP contribution in [0.15, 0.2) is 48.0 Å². The fourth-order valence-electron chi connectivity index (χ4n) is 4.48. The summed E-state index contributed by atoms with van der Waals surface area (Å²) in [6.45, 7) is 7.64. The third-order valence-corrected chi connectivity index (χ3v) is 6.32. The van der Waals surface area contributed by atoms with Crippen molar-refractivity contribution in [3.8, 4) is 11.5 Å². The summed E-state index contributed by atoms with van der Waals surface area (Å²) in [6, 6.07) is 9.80. The van der Waals surface area contributed by atoms with Gasteiger partial charge in [0.05, 0.1) is 11.6 Å². The molecule has 0 saturated carbocycles. The van der Waals surface area contributed by atoms with Crippen LogP contribution in [-0.4, -0.2) is 66.0 Å². The molecule has 0 bridgehead atoms. The highest BCUT2D eigenvalue weighted by molar-refractivity contribution is 6.46. The summed E-state index contributed by atoms with van der Waals surface area (Å²) in [5, 5.41) is 11.2. The molecule has 2 aromatic rings. The Hall–Kier alpha value is -3.39. The molecule has 1 saturated heterocycles. The summed E-state index contributed by atoms with van der Waals surface area (Å²) < 4.78 is 26.0. The van der Waals surface area contributed by atoms with Crippen LogP contribution in [0.25, 0.3) is 5.76 Å². The van der Waals surface area contributed by atoms with Crippen LogP contribution in [0.2, 0.25) is 0 Å². The first-order chi connectivity index (χ1) is 16.5. The van der Waals surface area contributed by atoms with Crippen LogP contribution in [0.1, 0.15) is 37.4 Å². The van der Waals surface area contributed by atoms with Gasteiger partial charge in [-0.1, -0.05) is 32.0 Å². The van der Waals surface area contributed by atoms with Gasteiger partial charge in [-0.2, -0.15) is 0 Å². The lowest BCUT2D eigenvalue weighted by Gasteiger charge is -2.27. The zero-order chi connectivity index (χ0) is 24.2. The molecule has 1 fully saturated rings. The van der Waals surface area contributed by atoms with E-state index in [0.717, 1.165) is 19.6 Å². The molecule has 7 nitrogen and oxygen atoms in total. The Labute approximate surface area is 198 Å². The Bertz CT molecular complexity index is 1110. The number of Topliss-reactive ketones (excluding diaryl/α,β-unsaturated/α-hetero) is 1. The molecule has 180 valence electrons. The van der Waals surface area contributed by atoms with Crippen molar-refractivity contribution >= 4 is 17.4 Å². The number of carbonyl (C=O) groups excluding carboxylic acids is 2. The van der Waals surface area contributed by atoms with Gasteiger partial charge in [0.2, 0.25) is 0 Å². The zero-order valence-electron chi connectivity index (χ0n) is 19.4. The molecule has 2 aliphatic heterocycles. The van der Waals surface area contributed by atoms with E-state index in [1.54, 1.807) is 36.4 Å². The molecule has 34 heavy (non-hydrogen) atoms. The van der Waals surface area contributed by atoms with E-state index in [1.165, 1.54) is 11.0 Å². The second-order valence-electron chi connectivity index (χ2n) is 8.25. The predicted molar refractivity (Wildman–Crippen MR) is 125 cm³/mol. The van der Waals surface area contributed by atoms with Gasteiger partial charge in [-0.25, -0.2) is 4.39 Å². The molecular formula is C26H29FN2O5. The number of aliphatic hydroxyl groups is 1. The summed E-state index contributed by atoms with van der Waals surface area (Å²) in [5.41, 5.74) is 0.338. The fraction of sp³-hybridized carbons (Fsp3) is 0.385. The van der Waals surface area contributed by atoms with E-state index in [-0.39, 0.29) is 23.4 Å². The molecule has 2 aliphatic rings. The maximum atomic E-state index is 14.9. The highest BCUT2D eigenvalue weighted by Gasteiger charge is 2.46. The van der Waals surface area contributed by atoms with Gasteiger partial charge in [-0.05, 0) is 50.3 Å². The van der Waals surface area contributed by atoms with E-state index in [9.17, 15) is 19.1 Å². The average Bonchev–Trinajstić information content (AvgIpc) is 3.11. The van der Waals surface area contributed by atoms with Crippen molar-refractivity contribution in [2.45, 2.75) is 26.3 Å². The van der Waals surface area contributed by atoms with Crippen molar-refractivity contribution < 1.29 is 28.6 Å². The van der Waals surface area contributed by atoms with Crippen LogP contribution < -0.4 is 9.47 Å². The van der Waals surface area contributed by atoms with Gasteiger partial charge in [-0.15, -0.1) is 0 Å². The zero-order valence-corrected chi connectivity index (χ0v) is 19.4. The number of nitrogens with zero attached hydrogens (tertiary/aromatic N) is 2. The normalized spacial score (nSPS) is 19.2. The monoisotopic (exact) mass is 468 g/mol. The van der Waals surface area contributed by atoms with Crippen molar-refractivity contribution in [1.29, 1.82) is 0 Å². The first-order valence-corrected chi connectivity index (χ1v) is 11.6. The number of hydrogen-bond donors (Lipinski definition) is 1. The summed E-state index contributed by atoms with van der Waals surface area (Å²) >= 11 is 0. The second kappa shape index (κ2) is 10.3. The number of carbonyl (C=O) groups is 2. The molecule has 0 radical (unpaired) electrons. The number of rotatable bonds is 8. The van der Waals surface area contributed by atoms with Crippen LogP contribution in [-0.2, 0) is 9.59 Å². The van der Waals surface area contributed by atoms with Gasteiger partial charge in [0.1, 0.15) is 24.8 Å². The molecule has 2 heterocycles. The Morgan fingerprint density at radius 3 is 2.50 bits per heavy atom. The van der Waals surface area contributed by atoms with Crippen LogP contribution in [0.3, 0.4) is 0 Å². The highest BCUT2D eigenvalue weighted by Crippen LogP contribution is 2.41. The van der Waals surface area contributed by atoms with Crippen molar-refractivity contribution in [2.24, 2.45) is 0 Å². The fourth-order valence-corrected chi connectivity index (χ4v) is 4.48. The van der Waals surface area contributed by atoms with Gasteiger partial charge in [0.25, 0.3) is 11.7 Å². The van der Waals surface area contributed by atoms with Crippen molar-refractivity contribution in [3.05, 3.63) is 65.0 Å². The van der Waals surface area contributed by atoms with E-state index in [2.05, 4.69) is 18.7 Å². The molecule has 2 aromatic carbocycles. The van der Waals surface area contributed by atoms with E-state index in [0.29, 0.717) is 36.7 Å². The first kappa shape index (κ1) is 23.8. The Kier molecular flexibility index (Phi) is 7.17. The van der Waals surface area contributed by atoms with Crippen molar-refractivity contribution in [3.63, 3.8) is 0 Å². The summed E-state index contributed by atoms with van der Waals surface area (Å²) in [4.78, 5) is 29.8. The molecule has 0 spiro atoms. The van der Waals surface area contributed by atoms with Crippen molar-refractivity contribution in [1.82, 2.24) is 9.80 Å². The molecule has 0 aromatic heterocycles. The summed E-state index contributed by atoms with van der Waals surface area (Å²) in [5.74, 6) is -1.52. The van der Waals surface area contributed by atoms with Crippen LogP contribution >= 0.6 is 0 Å². The maximum absolute atomic E-state index is 14.9. The van der Waals surface area contributed by atoms with E-state index in [4.69, 9.17) is 9.47 Å². The maximum Gasteiger partial charge on any atom is 0.295 e. The van der Waals surface area contributed by atoms with Gasteiger partial charge in [0.15, 0.2) is 11.5 Å². The highest BCUT2D eigenvalue weighted by atomic mass is 19.1. The molecule has 8 heteroatoms. The lowest BCUT2D eigenvalue weighted by atomic mass is 9.94. The number of hydrogen-bond acceptors (Lipinski definition) is 6. The number of aliphatic hydroxyl groups excluding tert-OH is 1. The van der Waals surface area contributed by atoms with Crippen LogP contribution in [0, 0.1) is 5.82 Å². The second-order valence-corrected chi connectivity index (χ2v) is 8.25. The number of ether oxygens (including phenoxy) is 2. The Morgan fingerprint density at radius 1 is 1.09 bits per heavy atom. The van der Waals surface area contributed by atoms with Gasteiger partial charge in [-0.3, -0.25) is 9.59 Å². The van der Waals surface area contributed by atoms with Gasteiger partial charge in [0, 0.05) is 17.7 Å². The van der Waals surface area contributed by atoms with E-state index >= 15 is 0 Å². The quantitative estimate of drug-likeness (QED) is 0.361. The predicted octanol–water partition coefficient (Wildman–Crippen LogP) is 3.75. The minimum Gasteiger partial charge on any atom is -0.507 e. The summed E-state index contributed by atoms with van der Waals surface area (Å²) in [7, 11) is 0. The third kappa shape index (κ3) is 4.50. The van der Waals surface area contributed by atoms with Crippen LogP contribution in [0.5, 0.6) is 11.5 Å². The number of fused-ring (bicyclic) bond motifs is 1. The van der Waals surface area contributed by atoms with Crippen LogP contribution in [0.4, 0.5) is 4.39 Å². The smallest absolute Gasteiger partial charge is 0.295 e. The molecular weight excluding hydrogens is 439 g/mol. The number of ketones is 1. The number of amides is 1. The molecule has 0 aliphatic carbocycles. The Balaban J connectivity index is 1.75. The molecule has 1 atom stereocenters. The lowest BCUT2D eigenvalue weighted by molar-refractivity contribution is -0.140. The average molecular weight is 469 g/mol. The van der Waals surface area contributed by atoms with Gasteiger partial charge < -0.3 is 24.4 Å². The minimum absolute atomic E-state index is 0.130. The molecule has 1 N–H and O–H groups in total. The SMILES string of the molecule is CCN(CC)CCCN1C(=O)C(=O)C(=C(O)c2ccc3c(c2)OCCO3)[C@H]1c1ccccc1F. The standard InChI is InChI=1S/C26H29FN2O5/c1-3-28(4-2)12-7-13-29-23(18-8-5-6-9-19(18)27)22(25(31)26(29)32)24(30)17-10-11-20-21(16-17)34-15-14-33-20/h5-6,8-11,16,23,30H,3-4,7,12-15H2,1-2H3/t23-/m1/s1. The minimum atomic E-state index is -1.02. The third-order valence-electron chi connectivity index (χ3n) is 6.32. The number of likely N-dealkylation sites (tertiary alicyclic amines) is 1. The molecule has 4 rings (SSSR count). The van der Waals surface area contributed by atoms with E-state index in [1.807, 2.05) is 0 Å². The molecule has 1 amide bonds. The topological polar surface area (TPSA) is 79.3 Å². The number of benzene rings is 2.